The molecule has 0 radical (unpaired) electrons. The van der Waals surface area contributed by atoms with Gasteiger partial charge in [-0.3, -0.25) is 9.59 Å². The molecule has 1 heterocycles. The molecule has 0 saturated heterocycles. The second-order valence-electron chi connectivity index (χ2n) is 5.68. The van der Waals surface area contributed by atoms with Gasteiger partial charge in [-0.2, -0.15) is 0 Å². The molecule has 5 nitrogen and oxygen atoms in total. The van der Waals surface area contributed by atoms with Gasteiger partial charge in [0, 0.05) is 0 Å². The minimum Gasteiger partial charge on any atom is -0.495 e. The summed E-state index contributed by atoms with van der Waals surface area (Å²) in [4.78, 5) is 26.6. The van der Waals surface area contributed by atoms with Crippen molar-refractivity contribution in [3.63, 3.8) is 0 Å². The van der Waals surface area contributed by atoms with Gasteiger partial charge in [0.05, 0.1) is 25.0 Å². The molecule has 0 spiro atoms. The minimum atomic E-state index is -0.567. The van der Waals surface area contributed by atoms with E-state index < -0.39 is 11.8 Å². The maximum absolute atomic E-state index is 12.9. The first-order chi connectivity index (χ1) is 12.6. The molecule has 0 bridgehead atoms. The predicted octanol–water partition coefficient (Wildman–Crippen LogP) is 4.01. The van der Waals surface area contributed by atoms with Crippen molar-refractivity contribution in [2.45, 2.75) is 13.3 Å². The highest BCUT2D eigenvalue weighted by Gasteiger charge is 2.40. The summed E-state index contributed by atoms with van der Waals surface area (Å²) >= 11 is 6.22. The van der Waals surface area contributed by atoms with Gasteiger partial charge in [0.15, 0.2) is 0 Å². The Morgan fingerprint density at radius 2 is 1.69 bits per heavy atom. The molecular formula is C20H18ClNO4. The third kappa shape index (κ3) is 3.18. The SMILES string of the molecule is CCCOc1ccc(C2=C(Cl)C(=O)N(c3ccccc3OC)C2=O)cc1. The number of ether oxygens (including phenoxy) is 2. The molecule has 0 aromatic heterocycles. The van der Waals surface area contributed by atoms with Gasteiger partial charge < -0.3 is 9.47 Å². The maximum Gasteiger partial charge on any atom is 0.277 e. The topological polar surface area (TPSA) is 55.8 Å². The second kappa shape index (κ2) is 7.62. The predicted molar refractivity (Wildman–Crippen MR) is 100 cm³/mol. The molecule has 6 heteroatoms. The van der Waals surface area contributed by atoms with Gasteiger partial charge in [0.25, 0.3) is 11.8 Å². The summed E-state index contributed by atoms with van der Waals surface area (Å²) in [6, 6.07) is 13.8. The van der Waals surface area contributed by atoms with Crippen LogP contribution in [-0.4, -0.2) is 25.5 Å². The van der Waals surface area contributed by atoms with Crippen molar-refractivity contribution in [1.29, 1.82) is 0 Å². The van der Waals surface area contributed by atoms with Gasteiger partial charge in [-0.15, -0.1) is 0 Å². The van der Waals surface area contributed by atoms with Crippen LogP contribution < -0.4 is 14.4 Å². The van der Waals surface area contributed by atoms with Gasteiger partial charge in [0.1, 0.15) is 16.5 Å². The Balaban J connectivity index is 1.94. The third-order valence-electron chi connectivity index (χ3n) is 3.97. The van der Waals surface area contributed by atoms with E-state index in [1.54, 1.807) is 48.5 Å². The molecule has 0 fully saturated rings. The zero-order chi connectivity index (χ0) is 18.7. The molecule has 1 aliphatic heterocycles. The van der Waals surface area contributed by atoms with Crippen LogP contribution in [0.1, 0.15) is 18.9 Å². The van der Waals surface area contributed by atoms with E-state index in [0.717, 1.165) is 11.3 Å². The summed E-state index contributed by atoms with van der Waals surface area (Å²) in [6.45, 7) is 2.63. The van der Waals surface area contributed by atoms with E-state index in [2.05, 4.69) is 0 Å². The van der Waals surface area contributed by atoms with Crippen molar-refractivity contribution in [2.24, 2.45) is 0 Å². The highest BCUT2D eigenvalue weighted by molar-refractivity contribution is 6.60. The number of para-hydroxylation sites is 2. The molecule has 26 heavy (non-hydrogen) atoms. The first kappa shape index (κ1) is 18.0. The summed E-state index contributed by atoms with van der Waals surface area (Å²) in [5.74, 6) is 0.0723. The van der Waals surface area contributed by atoms with E-state index in [1.807, 2.05) is 6.92 Å². The Labute approximate surface area is 156 Å². The van der Waals surface area contributed by atoms with Crippen molar-refractivity contribution < 1.29 is 19.1 Å². The summed E-state index contributed by atoms with van der Waals surface area (Å²) in [7, 11) is 1.48. The number of hydrogen-bond donors (Lipinski definition) is 0. The van der Waals surface area contributed by atoms with Crippen LogP contribution >= 0.6 is 11.6 Å². The van der Waals surface area contributed by atoms with E-state index in [9.17, 15) is 9.59 Å². The van der Waals surface area contributed by atoms with Crippen LogP contribution in [0.5, 0.6) is 11.5 Å². The van der Waals surface area contributed by atoms with Gasteiger partial charge in [0.2, 0.25) is 0 Å². The Kier molecular flexibility index (Phi) is 5.28. The lowest BCUT2D eigenvalue weighted by atomic mass is 10.1. The van der Waals surface area contributed by atoms with Crippen molar-refractivity contribution >= 4 is 34.7 Å². The first-order valence-corrected chi connectivity index (χ1v) is 8.61. The summed E-state index contributed by atoms with van der Waals surface area (Å²) < 4.78 is 10.8. The molecule has 0 saturated carbocycles. The van der Waals surface area contributed by atoms with Crippen LogP contribution in [0.15, 0.2) is 53.6 Å². The number of benzene rings is 2. The largest absolute Gasteiger partial charge is 0.495 e. The molecule has 2 aromatic carbocycles. The lowest BCUT2D eigenvalue weighted by Crippen LogP contribution is -2.31. The number of methoxy groups -OCH3 is 1. The Hall–Kier alpha value is -2.79. The average Bonchev–Trinajstić information content (AvgIpc) is 2.89. The van der Waals surface area contributed by atoms with Gasteiger partial charge in [-0.1, -0.05) is 42.8 Å². The molecule has 0 aliphatic carbocycles. The highest BCUT2D eigenvalue weighted by atomic mass is 35.5. The smallest absolute Gasteiger partial charge is 0.277 e. The number of halogens is 1. The fraction of sp³-hybridized carbons (Fsp3) is 0.200. The van der Waals surface area contributed by atoms with Gasteiger partial charge in [-0.05, 0) is 36.2 Å². The molecule has 0 N–H and O–H groups in total. The number of rotatable bonds is 6. The molecule has 2 amide bonds. The Morgan fingerprint density at radius 1 is 1.00 bits per heavy atom. The Morgan fingerprint density at radius 3 is 2.35 bits per heavy atom. The quantitative estimate of drug-likeness (QED) is 0.720. The summed E-state index contributed by atoms with van der Waals surface area (Å²) in [6.07, 6.45) is 0.902. The van der Waals surface area contributed by atoms with E-state index in [1.165, 1.54) is 7.11 Å². The molecule has 0 unspecified atom stereocenters. The lowest BCUT2D eigenvalue weighted by Gasteiger charge is -2.17. The molecule has 2 aromatic rings. The number of imide groups is 1. The lowest BCUT2D eigenvalue weighted by molar-refractivity contribution is -0.119. The fourth-order valence-corrected chi connectivity index (χ4v) is 3.00. The molecule has 3 rings (SSSR count). The third-order valence-corrected chi connectivity index (χ3v) is 4.32. The van der Waals surface area contributed by atoms with Crippen LogP contribution in [0.4, 0.5) is 5.69 Å². The van der Waals surface area contributed by atoms with Crippen molar-refractivity contribution in [1.82, 2.24) is 0 Å². The summed E-state index contributed by atoms with van der Waals surface area (Å²) in [5, 5.41) is -0.108. The zero-order valence-corrected chi connectivity index (χ0v) is 15.2. The molecule has 134 valence electrons. The van der Waals surface area contributed by atoms with E-state index >= 15 is 0 Å². The van der Waals surface area contributed by atoms with Crippen LogP contribution in [-0.2, 0) is 9.59 Å². The number of carbonyl (C=O) groups is 2. The summed E-state index contributed by atoms with van der Waals surface area (Å²) in [5.41, 5.74) is 1.10. The second-order valence-corrected chi connectivity index (χ2v) is 6.06. The monoisotopic (exact) mass is 371 g/mol. The minimum absolute atomic E-state index is 0.108. The molecule has 0 atom stereocenters. The first-order valence-electron chi connectivity index (χ1n) is 8.23. The van der Waals surface area contributed by atoms with Crippen LogP contribution in [0.25, 0.3) is 5.57 Å². The van der Waals surface area contributed by atoms with Crippen LogP contribution in [0, 0.1) is 0 Å². The number of amides is 2. The highest BCUT2D eigenvalue weighted by Crippen LogP contribution is 2.38. The zero-order valence-electron chi connectivity index (χ0n) is 14.5. The fourth-order valence-electron chi connectivity index (χ4n) is 2.72. The van der Waals surface area contributed by atoms with Crippen molar-refractivity contribution in [3.8, 4) is 11.5 Å². The maximum atomic E-state index is 12.9. The van der Waals surface area contributed by atoms with E-state index in [0.29, 0.717) is 29.4 Å². The number of hydrogen-bond acceptors (Lipinski definition) is 4. The Bertz CT molecular complexity index is 874. The molecule has 1 aliphatic rings. The normalized spacial score (nSPS) is 14.2. The van der Waals surface area contributed by atoms with Crippen LogP contribution in [0.3, 0.4) is 0 Å². The van der Waals surface area contributed by atoms with Crippen LogP contribution in [0.2, 0.25) is 0 Å². The van der Waals surface area contributed by atoms with E-state index in [-0.39, 0.29) is 10.6 Å². The number of nitrogens with zero attached hydrogens (tertiary/aromatic N) is 1. The van der Waals surface area contributed by atoms with Gasteiger partial charge in [-0.25, -0.2) is 4.90 Å². The van der Waals surface area contributed by atoms with E-state index in [4.69, 9.17) is 21.1 Å². The number of carbonyl (C=O) groups excluding carboxylic acids is 2. The van der Waals surface area contributed by atoms with Gasteiger partial charge >= 0.3 is 0 Å². The standard InChI is InChI=1S/C20H18ClNO4/c1-3-12-26-14-10-8-13(9-11-14)17-18(21)20(24)22(19(17)23)15-6-4-5-7-16(15)25-2/h4-11H,3,12H2,1-2H3. The molecular weight excluding hydrogens is 354 g/mol. The van der Waals surface area contributed by atoms with Crippen molar-refractivity contribution in [3.05, 3.63) is 59.1 Å². The van der Waals surface area contributed by atoms with Crippen molar-refractivity contribution in [2.75, 3.05) is 18.6 Å². The number of anilines is 1. The average molecular weight is 372 g/mol.